The van der Waals surface area contributed by atoms with Gasteiger partial charge in [0.2, 0.25) is 0 Å². The molecular weight excluding hydrogens is 496 g/mol. The van der Waals surface area contributed by atoms with E-state index in [1.807, 2.05) is 0 Å². The first-order valence-electron chi connectivity index (χ1n) is 9.92. The smallest absolute Gasteiger partial charge is 0.382 e. The second kappa shape index (κ2) is 8.12. The van der Waals surface area contributed by atoms with Crippen molar-refractivity contribution in [2.75, 3.05) is 5.73 Å². The molecule has 13 heteroatoms. The SMILES string of the molecule is Nc1nn(Cc2cc(-c3cccc(C(F)(F)F)c3)no2)c2nc(-c3cccs3)cc(C(F)(F)F)c12. The van der Waals surface area contributed by atoms with Crippen LogP contribution in [0.25, 0.3) is 32.9 Å². The van der Waals surface area contributed by atoms with Crippen LogP contribution in [0.5, 0.6) is 0 Å². The maximum absolute atomic E-state index is 13.8. The number of rotatable bonds is 4. The van der Waals surface area contributed by atoms with Crippen molar-refractivity contribution in [3.63, 3.8) is 0 Å². The first-order chi connectivity index (χ1) is 16.5. The minimum absolute atomic E-state index is 0.100. The minimum atomic E-state index is -4.71. The second-order valence-electron chi connectivity index (χ2n) is 7.53. The average molecular weight is 509 g/mol. The quantitative estimate of drug-likeness (QED) is 0.280. The summed E-state index contributed by atoms with van der Waals surface area (Å²) >= 11 is 1.22. The van der Waals surface area contributed by atoms with Crippen LogP contribution in [0, 0.1) is 0 Å². The van der Waals surface area contributed by atoms with Gasteiger partial charge in [-0.05, 0) is 29.6 Å². The molecular formula is C22H13F6N5OS. The Morgan fingerprint density at radius 3 is 2.43 bits per heavy atom. The van der Waals surface area contributed by atoms with Crippen LogP contribution in [0.2, 0.25) is 0 Å². The predicted octanol–water partition coefficient (Wildman–Crippen LogP) is 6.48. The Hall–Kier alpha value is -3.87. The van der Waals surface area contributed by atoms with Gasteiger partial charge in [-0.3, -0.25) is 0 Å². The standard InChI is InChI=1S/C22H13F6N5OS/c23-21(24,25)12-4-1-3-11(7-12)15-8-13(34-32-15)10-33-20-18(19(29)31-33)14(22(26,27)28)9-16(30-20)17-5-2-6-35-17/h1-9H,10H2,(H2,29,31). The molecule has 4 aromatic heterocycles. The van der Waals surface area contributed by atoms with E-state index in [1.165, 1.54) is 29.5 Å². The lowest BCUT2D eigenvalue weighted by Crippen LogP contribution is -2.08. The fourth-order valence-corrected chi connectivity index (χ4v) is 4.29. The zero-order chi connectivity index (χ0) is 25.0. The van der Waals surface area contributed by atoms with Gasteiger partial charge in [-0.25, -0.2) is 9.67 Å². The van der Waals surface area contributed by atoms with Crippen LogP contribution in [0.15, 0.2) is 58.4 Å². The Balaban J connectivity index is 1.56. The highest BCUT2D eigenvalue weighted by molar-refractivity contribution is 7.13. The molecule has 0 aliphatic heterocycles. The number of hydrogen-bond acceptors (Lipinski definition) is 6. The van der Waals surface area contributed by atoms with Crippen molar-refractivity contribution in [2.24, 2.45) is 0 Å². The molecule has 1 aromatic carbocycles. The van der Waals surface area contributed by atoms with Crippen LogP contribution in [0.1, 0.15) is 16.9 Å². The van der Waals surface area contributed by atoms with Crippen molar-refractivity contribution in [1.82, 2.24) is 19.9 Å². The molecule has 0 aliphatic rings. The van der Waals surface area contributed by atoms with E-state index < -0.39 is 23.5 Å². The second-order valence-corrected chi connectivity index (χ2v) is 8.48. The molecule has 6 nitrogen and oxygen atoms in total. The Morgan fingerprint density at radius 2 is 1.74 bits per heavy atom. The van der Waals surface area contributed by atoms with Gasteiger partial charge in [-0.15, -0.1) is 11.3 Å². The first kappa shape index (κ1) is 22.9. The third kappa shape index (κ3) is 4.34. The van der Waals surface area contributed by atoms with E-state index in [-0.39, 0.29) is 46.1 Å². The molecule has 0 saturated heterocycles. The van der Waals surface area contributed by atoms with Crippen LogP contribution in [-0.2, 0) is 18.9 Å². The van der Waals surface area contributed by atoms with Crippen molar-refractivity contribution in [1.29, 1.82) is 0 Å². The minimum Gasteiger partial charge on any atom is -0.382 e. The van der Waals surface area contributed by atoms with Gasteiger partial charge in [-0.2, -0.15) is 31.4 Å². The summed E-state index contributed by atoms with van der Waals surface area (Å²) in [4.78, 5) is 4.88. The molecule has 0 spiro atoms. The molecule has 0 aliphatic carbocycles. The van der Waals surface area contributed by atoms with Crippen LogP contribution in [-0.4, -0.2) is 19.9 Å². The van der Waals surface area contributed by atoms with E-state index in [0.29, 0.717) is 4.88 Å². The molecule has 0 atom stereocenters. The molecule has 5 rings (SSSR count). The molecule has 0 radical (unpaired) electrons. The zero-order valence-corrected chi connectivity index (χ0v) is 18.2. The summed E-state index contributed by atoms with van der Waals surface area (Å²) in [6, 6.07) is 10.2. The largest absolute Gasteiger partial charge is 0.417 e. The molecule has 35 heavy (non-hydrogen) atoms. The van der Waals surface area contributed by atoms with Gasteiger partial charge in [0.15, 0.2) is 17.2 Å². The fourth-order valence-electron chi connectivity index (χ4n) is 3.61. The van der Waals surface area contributed by atoms with Gasteiger partial charge in [0.1, 0.15) is 12.2 Å². The molecule has 0 amide bonds. The van der Waals surface area contributed by atoms with Crippen LogP contribution < -0.4 is 5.73 Å². The Morgan fingerprint density at radius 1 is 0.943 bits per heavy atom. The first-order valence-corrected chi connectivity index (χ1v) is 10.8. The molecule has 4 heterocycles. The van der Waals surface area contributed by atoms with Gasteiger partial charge in [-0.1, -0.05) is 23.4 Å². The van der Waals surface area contributed by atoms with E-state index in [2.05, 4.69) is 15.2 Å². The lowest BCUT2D eigenvalue weighted by atomic mass is 10.1. The number of anilines is 1. The van der Waals surface area contributed by atoms with Crippen molar-refractivity contribution in [2.45, 2.75) is 18.9 Å². The average Bonchev–Trinajstić information content (AvgIpc) is 3.54. The summed E-state index contributed by atoms with van der Waals surface area (Å²) in [5.41, 5.74) is 4.28. The van der Waals surface area contributed by atoms with Gasteiger partial charge < -0.3 is 10.3 Å². The molecule has 0 unspecified atom stereocenters. The fraction of sp³-hybridized carbons (Fsp3) is 0.136. The number of pyridine rings is 1. The third-order valence-electron chi connectivity index (χ3n) is 5.16. The maximum Gasteiger partial charge on any atom is 0.417 e. The number of nitrogens with zero attached hydrogens (tertiary/aromatic N) is 4. The highest BCUT2D eigenvalue weighted by atomic mass is 32.1. The summed E-state index contributed by atoms with van der Waals surface area (Å²) in [6.07, 6.45) is -9.24. The zero-order valence-electron chi connectivity index (χ0n) is 17.4. The van der Waals surface area contributed by atoms with E-state index in [0.717, 1.165) is 22.9 Å². The number of fused-ring (bicyclic) bond motifs is 1. The van der Waals surface area contributed by atoms with Crippen molar-refractivity contribution in [3.05, 3.63) is 70.8 Å². The number of hydrogen-bond donors (Lipinski definition) is 1. The number of aromatic nitrogens is 4. The normalized spacial score (nSPS) is 12.5. The van der Waals surface area contributed by atoms with Crippen molar-refractivity contribution < 1.29 is 30.9 Å². The van der Waals surface area contributed by atoms with E-state index in [1.54, 1.807) is 17.5 Å². The van der Waals surface area contributed by atoms with Crippen LogP contribution in [0.4, 0.5) is 32.2 Å². The topological polar surface area (TPSA) is 82.8 Å². The maximum atomic E-state index is 13.8. The Kier molecular flexibility index (Phi) is 5.31. The highest BCUT2D eigenvalue weighted by Crippen LogP contribution is 2.40. The number of nitrogens with two attached hydrogens (primary N) is 1. The molecule has 0 saturated carbocycles. The Labute approximate surface area is 196 Å². The number of halogens is 6. The van der Waals surface area contributed by atoms with Gasteiger partial charge >= 0.3 is 12.4 Å². The van der Waals surface area contributed by atoms with Crippen molar-refractivity contribution >= 4 is 28.2 Å². The summed E-state index contributed by atoms with van der Waals surface area (Å²) < 4.78 is 87.0. The van der Waals surface area contributed by atoms with Crippen molar-refractivity contribution in [3.8, 4) is 21.8 Å². The van der Waals surface area contributed by atoms with Gasteiger partial charge in [0, 0.05) is 11.6 Å². The monoisotopic (exact) mass is 509 g/mol. The molecule has 180 valence electrons. The summed E-state index contributed by atoms with van der Waals surface area (Å²) in [5, 5.41) is 9.16. The number of alkyl halides is 6. The third-order valence-corrected chi connectivity index (χ3v) is 6.05. The number of benzene rings is 1. The lowest BCUT2D eigenvalue weighted by Gasteiger charge is -2.10. The molecule has 0 bridgehead atoms. The van der Waals surface area contributed by atoms with Gasteiger partial charge in [0.05, 0.1) is 27.1 Å². The van der Waals surface area contributed by atoms with E-state index in [4.69, 9.17) is 10.3 Å². The van der Waals surface area contributed by atoms with Crippen LogP contribution >= 0.6 is 11.3 Å². The Bertz CT molecular complexity index is 1520. The number of thiophene rings is 1. The van der Waals surface area contributed by atoms with Crippen LogP contribution in [0.3, 0.4) is 0 Å². The predicted molar refractivity (Wildman–Crippen MR) is 116 cm³/mol. The van der Waals surface area contributed by atoms with E-state index in [9.17, 15) is 26.3 Å². The lowest BCUT2D eigenvalue weighted by molar-refractivity contribution is -0.138. The summed E-state index contributed by atoms with van der Waals surface area (Å²) in [6.45, 7) is -0.197. The van der Waals surface area contributed by atoms with Gasteiger partial charge in [0.25, 0.3) is 0 Å². The number of nitrogen functional groups attached to an aromatic ring is 1. The van der Waals surface area contributed by atoms with E-state index >= 15 is 0 Å². The molecule has 0 fully saturated rings. The molecule has 2 N–H and O–H groups in total. The highest BCUT2D eigenvalue weighted by Gasteiger charge is 2.36. The summed E-state index contributed by atoms with van der Waals surface area (Å²) in [5.74, 6) is -0.228. The molecule has 5 aromatic rings. The summed E-state index contributed by atoms with van der Waals surface area (Å²) in [7, 11) is 0.